The average Bonchev–Trinajstić information content (AvgIpc) is 2.36. The summed E-state index contributed by atoms with van der Waals surface area (Å²) in [6.07, 6.45) is 2.46. The second-order valence-electron chi connectivity index (χ2n) is 7.12. The summed E-state index contributed by atoms with van der Waals surface area (Å²) >= 11 is 0. The van der Waals surface area contributed by atoms with Gasteiger partial charge in [0.15, 0.2) is 0 Å². The Balaban J connectivity index is 2.49. The molecule has 112 valence electrons. The first-order valence-corrected chi connectivity index (χ1v) is 7.35. The predicted molar refractivity (Wildman–Crippen MR) is 80.2 cm³/mol. The first kappa shape index (κ1) is 16.4. The minimum absolute atomic E-state index is 0.0796. The first-order chi connectivity index (χ1) is 8.69. The second kappa shape index (κ2) is 6.23. The van der Waals surface area contributed by atoms with E-state index in [-0.39, 0.29) is 11.3 Å². The summed E-state index contributed by atoms with van der Waals surface area (Å²) in [4.78, 5) is 14.5. The largest absolute Gasteiger partial charge is 0.354 e. The molecular weight excluding hydrogens is 238 g/mol. The van der Waals surface area contributed by atoms with Crippen LogP contribution in [0.15, 0.2) is 0 Å². The van der Waals surface area contributed by atoms with Crippen molar-refractivity contribution >= 4 is 5.91 Å². The van der Waals surface area contributed by atoms with E-state index in [4.69, 9.17) is 0 Å². The maximum absolute atomic E-state index is 12.1. The fourth-order valence-corrected chi connectivity index (χ4v) is 2.58. The molecule has 0 saturated carbocycles. The van der Waals surface area contributed by atoms with Crippen LogP contribution in [0.2, 0.25) is 0 Å². The second-order valence-corrected chi connectivity index (χ2v) is 7.12. The van der Waals surface area contributed by atoms with Crippen molar-refractivity contribution in [3.8, 4) is 0 Å². The van der Waals surface area contributed by atoms with Gasteiger partial charge in [0, 0.05) is 6.54 Å². The van der Waals surface area contributed by atoms with Crippen molar-refractivity contribution in [2.24, 2.45) is 11.3 Å². The van der Waals surface area contributed by atoms with E-state index in [9.17, 15) is 4.79 Å². The van der Waals surface area contributed by atoms with Gasteiger partial charge in [0.25, 0.3) is 0 Å². The molecule has 0 aromatic rings. The van der Waals surface area contributed by atoms with E-state index in [0.29, 0.717) is 5.92 Å². The SMILES string of the molecule is CNC(C)(C)C(=O)NCC(C)(C)C1CCN(C)CC1. The van der Waals surface area contributed by atoms with Crippen molar-refractivity contribution in [2.75, 3.05) is 33.7 Å². The number of nitrogens with one attached hydrogen (secondary N) is 2. The molecule has 1 heterocycles. The molecule has 0 radical (unpaired) electrons. The molecule has 1 fully saturated rings. The zero-order chi connectivity index (χ0) is 14.7. The fourth-order valence-electron chi connectivity index (χ4n) is 2.58. The van der Waals surface area contributed by atoms with Crippen LogP contribution >= 0.6 is 0 Å². The highest BCUT2D eigenvalue weighted by Crippen LogP contribution is 2.34. The monoisotopic (exact) mass is 269 g/mol. The minimum atomic E-state index is -0.497. The minimum Gasteiger partial charge on any atom is -0.354 e. The van der Waals surface area contributed by atoms with Gasteiger partial charge in [-0.05, 0) is 65.2 Å². The standard InChI is InChI=1S/C15H31N3O/c1-14(2,12-7-9-18(6)10-8-12)11-17-13(19)15(3,4)16-5/h12,16H,7-11H2,1-6H3,(H,17,19). The van der Waals surface area contributed by atoms with Crippen LogP contribution < -0.4 is 10.6 Å². The predicted octanol–water partition coefficient (Wildman–Crippen LogP) is 1.47. The van der Waals surface area contributed by atoms with Gasteiger partial charge in [-0.2, -0.15) is 0 Å². The summed E-state index contributed by atoms with van der Waals surface area (Å²) < 4.78 is 0. The summed E-state index contributed by atoms with van der Waals surface area (Å²) in [5.41, 5.74) is -0.330. The third-order valence-corrected chi connectivity index (χ3v) is 4.72. The van der Waals surface area contributed by atoms with Gasteiger partial charge >= 0.3 is 0 Å². The summed E-state index contributed by atoms with van der Waals surface area (Å²) in [5, 5.41) is 6.15. The number of likely N-dealkylation sites (tertiary alicyclic amines) is 1. The number of carbonyl (C=O) groups excluding carboxylic acids is 1. The number of hydrogen-bond donors (Lipinski definition) is 2. The number of piperidine rings is 1. The molecule has 1 saturated heterocycles. The van der Waals surface area contributed by atoms with Gasteiger partial charge in [-0.3, -0.25) is 4.79 Å². The fraction of sp³-hybridized carbons (Fsp3) is 0.933. The lowest BCUT2D eigenvalue weighted by Crippen LogP contribution is -2.53. The maximum Gasteiger partial charge on any atom is 0.239 e. The highest BCUT2D eigenvalue weighted by molar-refractivity contribution is 5.85. The van der Waals surface area contributed by atoms with E-state index in [1.54, 1.807) is 0 Å². The summed E-state index contributed by atoms with van der Waals surface area (Å²) in [6.45, 7) is 11.5. The van der Waals surface area contributed by atoms with Gasteiger partial charge in [-0.15, -0.1) is 0 Å². The van der Waals surface area contributed by atoms with Crippen LogP contribution in [0, 0.1) is 11.3 Å². The molecule has 4 heteroatoms. The van der Waals surface area contributed by atoms with Crippen LogP contribution in [0.1, 0.15) is 40.5 Å². The van der Waals surface area contributed by atoms with Crippen LogP contribution in [0.5, 0.6) is 0 Å². The summed E-state index contributed by atoms with van der Waals surface area (Å²) in [6, 6.07) is 0. The third kappa shape index (κ3) is 4.46. The van der Waals surface area contributed by atoms with E-state index >= 15 is 0 Å². The van der Waals surface area contributed by atoms with Crippen molar-refractivity contribution in [3.63, 3.8) is 0 Å². The lowest BCUT2D eigenvalue weighted by Gasteiger charge is -2.40. The Hall–Kier alpha value is -0.610. The van der Waals surface area contributed by atoms with Crippen LogP contribution in [0.3, 0.4) is 0 Å². The van der Waals surface area contributed by atoms with Crippen molar-refractivity contribution < 1.29 is 4.79 Å². The van der Waals surface area contributed by atoms with Crippen LogP contribution in [0.4, 0.5) is 0 Å². The molecule has 1 aliphatic rings. The van der Waals surface area contributed by atoms with E-state index in [0.717, 1.165) is 6.54 Å². The van der Waals surface area contributed by atoms with Crippen molar-refractivity contribution in [2.45, 2.75) is 46.1 Å². The van der Waals surface area contributed by atoms with Crippen molar-refractivity contribution in [3.05, 3.63) is 0 Å². The highest BCUT2D eigenvalue weighted by atomic mass is 16.2. The van der Waals surface area contributed by atoms with E-state index in [1.807, 2.05) is 20.9 Å². The zero-order valence-corrected chi connectivity index (χ0v) is 13.5. The average molecular weight is 269 g/mol. The molecule has 1 rings (SSSR count). The maximum atomic E-state index is 12.1. The van der Waals surface area contributed by atoms with Gasteiger partial charge in [0.2, 0.25) is 5.91 Å². The molecule has 0 atom stereocenters. The molecule has 0 bridgehead atoms. The zero-order valence-electron chi connectivity index (χ0n) is 13.5. The molecule has 0 spiro atoms. The van der Waals surface area contributed by atoms with Crippen molar-refractivity contribution in [1.29, 1.82) is 0 Å². The number of nitrogens with zero attached hydrogens (tertiary/aromatic N) is 1. The highest BCUT2D eigenvalue weighted by Gasteiger charge is 2.33. The summed E-state index contributed by atoms with van der Waals surface area (Å²) in [7, 11) is 4.00. The van der Waals surface area contributed by atoms with Crippen LogP contribution in [-0.4, -0.2) is 50.1 Å². The van der Waals surface area contributed by atoms with Crippen LogP contribution in [0.25, 0.3) is 0 Å². The summed E-state index contributed by atoms with van der Waals surface area (Å²) in [5.74, 6) is 0.776. The van der Waals surface area contributed by atoms with Crippen LogP contribution in [-0.2, 0) is 4.79 Å². The molecule has 1 amide bonds. The number of likely N-dealkylation sites (N-methyl/N-ethyl adjacent to an activating group) is 1. The molecule has 2 N–H and O–H groups in total. The number of hydrogen-bond acceptors (Lipinski definition) is 3. The normalized spacial score (nSPS) is 19.5. The molecule has 0 unspecified atom stereocenters. The molecule has 19 heavy (non-hydrogen) atoms. The van der Waals surface area contributed by atoms with E-state index in [1.165, 1.54) is 25.9 Å². The molecule has 4 nitrogen and oxygen atoms in total. The molecular formula is C15H31N3O. The number of carbonyl (C=O) groups is 1. The lowest BCUT2D eigenvalue weighted by atomic mass is 9.73. The van der Waals surface area contributed by atoms with Crippen molar-refractivity contribution in [1.82, 2.24) is 15.5 Å². The third-order valence-electron chi connectivity index (χ3n) is 4.72. The van der Waals surface area contributed by atoms with Gasteiger partial charge < -0.3 is 15.5 Å². The Morgan fingerprint density at radius 2 is 1.74 bits per heavy atom. The number of rotatable bonds is 5. The Labute approximate surface area is 118 Å². The Morgan fingerprint density at radius 1 is 1.21 bits per heavy atom. The Bertz CT molecular complexity index is 305. The first-order valence-electron chi connectivity index (χ1n) is 7.35. The quantitative estimate of drug-likeness (QED) is 0.794. The molecule has 0 aromatic carbocycles. The topological polar surface area (TPSA) is 44.4 Å². The lowest BCUT2D eigenvalue weighted by molar-refractivity contribution is -0.126. The smallest absolute Gasteiger partial charge is 0.239 e. The van der Waals surface area contributed by atoms with Gasteiger partial charge in [0.05, 0.1) is 5.54 Å². The Kier molecular flexibility index (Phi) is 5.39. The molecule has 0 aliphatic carbocycles. The van der Waals surface area contributed by atoms with E-state index in [2.05, 4.69) is 36.4 Å². The van der Waals surface area contributed by atoms with Gasteiger partial charge in [-0.25, -0.2) is 0 Å². The number of amides is 1. The molecule has 1 aliphatic heterocycles. The van der Waals surface area contributed by atoms with E-state index < -0.39 is 5.54 Å². The molecule has 0 aromatic heterocycles. The Morgan fingerprint density at radius 3 is 2.21 bits per heavy atom. The van der Waals surface area contributed by atoms with Gasteiger partial charge in [-0.1, -0.05) is 13.8 Å². The van der Waals surface area contributed by atoms with Gasteiger partial charge in [0.1, 0.15) is 0 Å².